The lowest BCUT2D eigenvalue weighted by Crippen LogP contribution is -2.24. The standard InChI is InChI=1S/C18H25N3O3/c1-18(2,3)24-17(22)9-11-23-10-8-14-6-5-7-15(12-14)16-13-21(4)20-19-16/h5-7,12-13H,8-11H2,1-4H3. The predicted molar refractivity (Wildman–Crippen MR) is 91.4 cm³/mol. The minimum atomic E-state index is -0.447. The molecule has 0 N–H and O–H groups in total. The summed E-state index contributed by atoms with van der Waals surface area (Å²) in [5.41, 5.74) is 2.60. The van der Waals surface area contributed by atoms with Crippen LogP contribution in [0.25, 0.3) is 11.3 Å². The van der Waals surface area contributed by atoms with Gasteiger partial charge in [-0.2, -0.15) is 0 Å². The van der Waals surface area contributed by atoms with Crippen LogP contribution in [-0.2, 0) is 27.7 Å². The van der Waals surface area contributed by atoms with Crippen molar-refractivity contribution in [1.29, 1.82) is 0 Å². The van der Waals surface area contributed by atoms with Gasteiger partial charge in [0.05, 0.1) is 25.8 Å². The van der Waals surface area contributed by atoms with Crippen molar-refractivity contribution in [2.45, 2.75) is 39.2 Å². The molecule has 24 heavy (non-hydrogen) atoms. The van der Waals surface area contributed by atoms with Crippen LogP contribution in [0.4, 0.5) is 0 Å². The zero-order valence-electron chi connectivity index (χ0n) is 14.8. The zero-order chi connectivity index (χ0) is 17.6. The van der Waals surface area contributed by atoms with Gasteiger partial charge >= 0.3 is 5.97 Å². The van der Waals surface area contributed by atoms with Crippen LogP contribution in [0, 0.1) is 0 Å². The molecule has 0 saturated heterocycles. The van der Waals surface area contributed by atoms with E-state index in [0.29, 0.717) is 13.2 Å². The Hall–Kier alpha value is -2.21. The van der Waals surface area contributed by atoms with E-state index in [1.807, 2.05) is 46.1 Å². The van der Waals surface area contributed by atoms with Gasteiger partial charge in [0.1, 0.15) is 11.3 Å². The van der Waals surface area contributed by atoms with Crippen molar-refractivity contribution in [1.82, 2.24) is 15.0 Å². The molecule has 0 unspecified atom stereocenters. The average Bonchev–Trinajstić information content (AvgIpc) is 2.92. The largest absolute Gasteiger partial charge is 0.460 e. The van der Waals surface area contributed by atoms with E-state index in [4.69, 9.17) is 9.47 Å². The van der Waals surface area contributed by atoms with Crippen molar-refractivity contribution in [3.63, 3.8) is 0 Å². The molecule has 0 bridgehead atoms. The van der Waals surface area contributed by atoms with Crippen LogP contribution < -0.4 is 0 Å². The highest BCUT2D eigenvalue weighted by Gasteiger charge is 2.15. The first-order valence-electron chi connectivity index (χ1n) is 8.09. The highest BCUT2D eigenvalue weighted by Crippen LogP contribution is 2.17. The average molecular weight is 331 g/mol. The number of carbonyl (C=O) groups is 1. The minimum absolute atomic E-state index is 0.229. The third kappa shape index (κ3) is 6.12. The number of hydrogen-bond acceptors (Lipinski definition) is 5. The van der Waals surface area contributed by atoms with Crippen LogP contribution in [0.2, 0.25) is 0 Å². The second-order valence-electron chi connectivity index (χ2n) is 6.68. The highest BCUT2D eigenvalue weighted by atomic mass is 16.6. The van der Waals surface area contributed by atoms with Crippen molar-refractivity contribution in [2.24, 2.45) is 7.05 Å². The van der Waals surface area contributed by atoms with Crippen molar-refractivity contribution < 1.29 is 14.3 Å². The molecule has 0 saturated carbocycles. The van der Waals surface area contributed by atoms with E-state index in [1.165, 1.54) is 0 Å². The van der Waals surface area contributed by atoms with Crippen molar-refractivity contribution in [2.75, 3.05) is 13.2 Å². The zero-order valence-corrected chi connectivity index (χ0v) is 14.8. The highest BCUT2D eigenvalue weighted by molar-refractivity contribution is 5.69. The molecule has 0 fully saturated rings. The van der Waals surface area contributed by atoms with Gasteiger partial charge in [-0.1, -0.05) is 23.4 Å². The normalized spacial score (nSPS) is 11.5. The van der Waals surface area contributed by atoms with Crippen LogP contribution in [0.15, 0.2) is 30.5 Å². The summed E-state index contributed by atoms with van der Waals surface area (Å²) in [4.78, 5) is 11.6. The molecule has 6 nitrogen and oxygen atoms in total. The molecule has 0 amide bonds. The van der Waals surface area contributed by atoms with Gasteiger partial charge in [-0.15, -0.1) is 5.10 Å². The van der Waals surface area contributed by atoms with Crippen LogP contribution >= 0.6 is 0 Å². The van der Waals surface area contributed by atoms with Gasteiger partial charge in [0.25, 0.3) is 0 Å². The Labute approximate surface area is 142 Å². The summed E-state index contributed by atoms with van der Waals surface area (Å²) < 4.78 is 12.5. The third-order valence-electron chi connectivity index (χ3n) is 3.23. The van der Waals surface area contributed by atoms with Gasteiger partial charge in [-0.05, 0) is 38.8 Å². The summed E-state index contributed by atoms with van der Waals surface area (Å²) in [5, 5.41) is 8.06. The number of aromatic nitrogens is 3. The van der Waals surface area contributed by atoms with Gasteiger partial charge in [-0.25, -0.2) is 0 Å². The van der Waals surface area contributed by atoms with E-state index in [1.54, 1.807) is 4.68 Å². The lowest BCUT2D eigenvalue weighted by molar-refractivity contribution is -0.156. The van der Waals surface area contributed by atoms with E-state index < -0.39 is 5.60 Å². The van der Waals surface area contributed by atoms with Crippen LogP contribution in [0.1, 0.15) is 32.8 Å². The third-order valence-corrected chi connectivity index (χ3v) is 3.23. The summed E-state index contributed by atoms with van der Waals surface area (Å²) >= 11 is 0. The van der Waals surface area contributed by atoms with Crippen LogP contribution in [0.5, 0.6) is 0 Å². The fourth-order valence-corrected chi connectivity index (χ4v) is 2.21. The number of carbonyl (C=O) groups excluding carboxylic acids is 1. The molecule has 0 atom stereocenters. The van der Waals surface area contributed by atoms with E-state index in [-0.39, 0.29) is 12.4 Å². The first kappa shape index (κ1) is 18.1. The Balaban J connectivity index is 1.74. The van der Waals surface area contributed by atoms with Crippen molar-refractivity contribution in [3.8, 4) is 11.3 Å². The summed E-state index contributed by atoms with van der Waals surface area (Å²) in [5.74, 6) is -0.229. The monoisotopic (exact) mass is 331 g/mol. The number of nitrogens with zero attached hydrogens (tertiary/aromatic N) is 3. The molecule has 6 heteroatoms. The van der Waals surface area contributed by atoms with E-state index in [0.717, 1.165) is 23.2 Å². The molecular formula is C18H25N3O3. The first-order chi connectivity index (χ1) is 11.3. The summed E-state index contributed by atoms with van der Waals surface area (Å²) in [6.07, 6.45) is 2.94. The molecule has 1 aromatic heterocycles. The molecule has 0 aliphatic heterocycles. The Bertz CT molecular complexity index is 674. The molecule has 0 aliphatic rings. The molecule has 1 aromatic carbocycles. The number of ether oxygens (including phenoxy) is 2. The summed E-state index contributed by atoms with van der Waals surface area (Å²) in [6.45, 7) is 6.51. The lowest BCUT2D eigenvalue weighted by Gasteiger charge is -2.19. The Kier molecular flexibility index (Phi) is 6.09. The lowest BCUT2D eigenvalue weighted by atomic mass is 10.1. The SMILES string of the molecule is Cn1cc(-c2cccc(CCOCCC(=O)OC(C)(C)C)c2)nn1. The van der Waals surface area contributed by atoms with E-state index >= 15 is 0 Å². The van der Waals surface area contributed by atoms with Gasteiger partial charge in [0.2, 0.25) is 0 Å². The van der Waals surface area contributed by atoms with E-state index in [2.05, 4.69) is 22.4 Å². The van der Waals surface area contributed by atoms with Gasteiger partial charge in [0, 0.05) is 12.6 Å². The van der Waals surface area contributed by atoms with Crippen molar-refractivity contribution >= 4 is 5.97 Å². The molecule has 2 aromatic rings. The first-order valence-corrected chi connectivity index (χ1v) is 8.09. The van der Waals surface area contributed by atoms with E-state index in [9.17, 15) is 4.79 Å². The fraction of sp³-hybridized carbons (Fsp3) is 0.500. The van der Waals surface area contributed by atoms with Crippen LogP contribution in [0.3, 0.4) is 0 Å². The van der Waals surface area contributed by atoms with Crippen molar-refractivity contribution in [3.05, 3.63) is 36.0 Å². The Morgan fingerprint density at radius 3 is 2.71 bits per heavy atom. The number of rotatable bonds is 7. The Morgan fingerprint density at radius 2 is 2.04 bits per heavy atom. The quantitative estimate of drug-likeness (QED) is 0.576. The molecule has 130 valence electrons. The fourth-order valence-electron chi connectivity index (χ4n) is 2.21. The second-order valence-corrected chi connectivity index (χ2v) is 6.68. The second kappa shape index (κ2) is 8.06. The molecule has 2 rings (SSSR count). The van der Waals surface area contributed by atoms with Gasteiger partial charge < -0.3 is 9.47 Å². The molecule has 1 heterocycles. The molecule has 0 spiro atoms. The number of aryl methyl sites for hydroxylation is 1. The van der Waals surface area contributed by atoms with Gasteiger partial charge in [-0.3, -0.25) is 9.48 Å². The maximum Gasteiger partial charge on any atom is 0.308 e. The molecular weight excluding hydrogens is 306 g/mol. The smallest absolute Gasteiger partial charge is 0.308 e. The number of benzene rings is 1. The number of esters is 1. The Morgan fingerprint density at radius 1 is 1.25 bits per heavy atom. The topological polar surface area (TPSA) is 66.2 Å². The molecule has 0 aliphatic carbocycles. The molecule has 0 radical (unpaired) electrons. The predicted octanol–water partition coefficient (Wildman–Crippen LogP) is 2.77. The number of hydrogen-bond donors (Lipinski definition) is 0. The maximum absolute atomic E-state index is 11.6. The van der Waals surface area contributed by atoms with Gasteiger partial charge in [0.15, 0.2) is 0 Å². The van der Waals surface area contributed by atoms with Crippen LogP contribution in [-0.4, -0.2) is 39.8 Å². The summed E-state index contributed by atoms with van der Waals surface area (Å²) in [6, 6.07) is 8.15. The minimum Gasteiger partial charge on any atom is -0.460 e. The maximum atomic E-state index is 11.6. The summed E-state index contributed by atoms with van der Waals surface area (Å²) in [7, 11) is 1.85.